The summed E-state index contributed by atoms with van der Waals surface area (Å²) in [6, 6.07) is 31.0. The lowest BCUT2D eigenvalue weighted by molar-refractivity contribution is 0.0303. The molecule has 4 aromatic carbocycles. The van der Waals surface area contributed by atoms with E-state index < -0.39 is 10.0 Å². The first kappa shape index (κ1) is 43.1. The van der Waals surface area contributed by atoms with E-state index in [-0.39, 0.29) is 36.2 Å². The zero-order chi connectivity index (χ0) is 43.6. The summed E-state index contributed by atoms with van der Waals surface area (Å²) >= 11 is 0. The van der Waals surface area contributed by atoms with Gasteiger partial charge in [0.1, 0.15) is 11.4 Å². The number of amides is 3. The zero-order valence-electron chi connectivity index (χ0n) is 34.7. The molecule has 6 aromatic rings. The highest BCUT2D eigenvalue weighted by atomic mass is 32.2. The lowest BCUT2D eigenvalue weighted by atomic mass is 10.1. The number of nitrogens with zero attached hydrogens (tertiary/aromatic N) is 6. The number of nitrogens with one attached hydrogen (secondary N) is 3. The number of rotatable bonds is 10. The number of carbonyl (C=O) groups is 3. The fraction of sp³-hybridized carbons (Fsp3) is 0.239. The minimum atomic E-state index is -3.39. The molecule has 0 saturated carbocycles. The largest absolute Gasteiger partial charge is 0.378 e. The van der Waals surface area contributed by atoms with Crippen molar-refractivity contribution < 1.29 is 34.7 Å². The van der Waals surface area contributed by atoms with E-state index in [0.29, 0.717) is 77.3 Å². The van der Waals surface area contributed by atoms with Crippen molar-refractivity contribution in [2.75, 3.05) is 65.9 Å². The molecule has 2 aromatic heterocycles. The SMILES string of the molecule is Cc1ncc(-c2cccc(C(=O)N3CCOCC3)c2)nc1C(=O)Nc1ccc(N2CCCC2)cc1.Cc1ncc(-c2cccc(NS(C)(=O)=O)c2)nc1C(=O)Nc1ccccc1.[HH].[HH].[HH].[HH].[HH]. The summed E-state index contributed by atoms with van der Waals surface area (Å²) in [6.45, 7) is 7.88. The fourth-order valence-corrected chi connectivity index (χ4v) is 7.51. The molecule has 2 saturated heterocycles. The molecule has 62 heavy (non-hydrogen) atoms. The van der Waals surface area contributed by atoms with Gasteiger partial charge in [-0.3, -0.25) is 29.1 Å². The normalized spacial score (nSPS) is 13.7. The van der Waals surface area contributed by atoms with Crippen LogP contribution in [-0.2, 0) is 14.8 Å². The van der Waals surface area contributed by atoms with Crippen LogP contribution in [0.3, 0.4) is 0 Å². The van der Waals surface area contributed by atoms with Crippen molar-refractivity contribution in [1.82, 2.24) is 24.8 Å². The number of hydrogen-bond donors (Lipinski definition) is 3. The average molecular weight is 864 g/mol. The summed E-state index contributed by atoms with van der Waals surface area (Å²) in [5.74, 6) is -0.713. The van der Waals surface area contributed by atoms with Crippen molar-refractivity contribution in [3.63, 3.8) is 0 Å². The van der Waals surface area contributed by atoms with Gasteiger partial charge in [0.15, 0.2) is 0 Å². The van der Waals surface area contributed by atoms with Gasteiger partial charge in [0.2, 0.25) is 10.0 Å². The molecule has 0 aliphatic carbocycles. The molecular formula is C46H57N9O6S. The number of aryl methyl sites for hydroxylation is 2. The van der Waals surface area contributed by atoms with Gasteiger partial charge in [0.05, 0.1) is 54.6 Å². The van der Waals surface area contributed by atoms with E-state index >= 15 is 0 Å². The maximum atomic E-state index is 13.0. The monoisotopic (exact) mass is 863 g/mol. The van der Waals surface area contributed by atoms with E-state index in [2.05, 4.69) is 40.2 Å². The van der Waals surface area contributed by atoms with Gasteiger partial charge in [-0.05, 0) is 87.4 Å². The van der Waals surface area contributed by atoms with Gasteiger partial charge in [-0.25, -0.2) is 18.4 Å². The summed E-state index contributed by atoms with van der Waals surface area (Å²) in [6.07, 6.45) is 6.70. The second-order valence-electron chi connectivity index (χ2n) is 14.8. The van der Waals surface area contributed by atoms with Crippen LogP contribution in [0.15, 0.2) is 116 Å². The van der Waals surface area contributed by atoms with Crippen LogP contribution in [0.5, 0.6) is 0 Å². The summed E-state index contributed by atoms with van der Waals surface area (Å²) < 4.78 is 30.6. The molecule has 328 valence electrons. The third-order valence-electron chi connectivity index (χ3n) is 10.1. The van der Waals surface area contributed by atoms with Crippen LogP contribution in [0.25, 0.3) is 22.5 Å². The molecule has 15 nitrogen and oxygen atoms in total. The Morgan fingerprint density at radius 1 is 0.645 bits per heavy atom. The summed E-state index contributed by atoms with van der Waals surface area (Å²) in [5.41, 5.74) is 7.43. The smallest absolute Gasteiger partial charge is 0.276 e. The van der Waals surface area contributed by atoms with Crippen LogP contribution < -0.4 is 20.3 Å². The predicted octanol–water partition coefficient (Wildman–Crippen LogP) is 8.08. The molecule has 0 spiro atoms. The molecule has 2 fully saturated rings. The molecule has 2 aliphatic rings. The lowest BCUT2D eigenvalue weighted by Gasteiger charge is -2.27. The van der Waals surface area contributed by atoms with E-state index in [0.717, 1.165) is 24.9 Å². The van der Waals surface area contributed by atoms with Gasteiger partial charge in [-0.1, -0.05) is 42.5 Å². The van der Waals surface area contributed by atoms with Gasteiger partial charge in [0.25, 0.3) is 17.7 Å². The van der Waals surface area contributed by atoms with Crippen molar-refractivity contribution in [3.05, 3.63) is 144 Å². The highest BCUT2D eigenvalue weighted by molar-refractivity contribution is 7.92. The van der Waals surface area contributed by atoms with Crippen LogP contribution in [0, 0.1) is 13.8 Å². The molecule has 4 heterocycles. The van der Waals surface area contributed by atoms with Crippen molar-refractivity contribution in [2.24, 2.45) is 0 Å². The molecule has 8 rings (SSSR count). The van der Waals surface area contributed by atoms with Crippen molar-refractivity contribution in [3.8, 4) is 22.5 Å². The Labute approximate surface area is 368 Å². The summed E-state index contributed by atoms with van der Waals surface area (Å²) in [7, 11) is -3.39. The van der Waals surface area contributed by atoms with Crippen LogP contribution >= 0.6 is 0 Å². The predicted molar refractivity (Wildman–Crippen MR) is 250 cm³/mol. The average Bonchev–Trinajstić information content (AvgIpc) is 3.83. The summed E-state index contributed by atoms with van der Waals surface area (Å²) in [5, 5.41) is 5.72. The molecule has 0 bridgehead atoms. The van der Waals surface area contributed by atoms with Gasteiger partial charge in [0, 0.05) is 72.8 Å². The number of morpholine rings is 1. The lowest BCUT2D eigenvalue weighted by Crippen LogP contribution is -2.40. The van der Waals surface area contributed by atoms with Gasteiger partial charge < -0.3 is 25.2 Å². The van der Waals surface area contributed by atoms with Crippen LogP contribution in [0.2, 0.25) is 0 Å². The number of anilines is 4. The first-order valence-electron chi connectivity index (χ1n) is 20.2. The third-order valence-corrected chi connectivity index (χ3v) is 10.7. The second-order valence-corrected chi connectivity index (χ2v) is 16.6. The fourth-order valence-electron chi connectivity index (χ4n) is 6.96. The third kappa shape index (κ3) is 11.2. The highest BCUT2D eigenvalue weighted by Gasteiger charge is 2.21. The van der Waals surface area contributed by atoms with Crippen LogP contribution in [-0.4, -0.2) is 96.6 Å². The van der Waals surface area contributed by atoms with E-state index in [4.69, 9.17) is 4.74 Å². The molecule has 3 amide bonds. The Hall–Kier alpha value is -7.04. The minimum Gasteiger partial charge on any atom is -0.378 e. The Kier molecular flexibility index (Phi) is 13.6. The van der Waals surface area contributed by atoms with Crippen molar-refractivity contribution in [1.29, 1.82) is 0 Å². The van der Waals surface area contributed by atoms with Gasteiger partial charge in [-0.15, -0.1) is 0 Å². The molecule has 0 atom stereocenters. The molecule has 2 aliphatic heterocycles. The highest BCUT2D eigenvalue weighted by Crippen LogP contribution is 2.25. The Bertz CT molecular complexity index is 2690. The number of ether oxygens (including phenoxy) is 1. The maximum absolute atomic E-state index is 13.0. The number of aromatic nitrogens is 4. The summed E-state index contributed by atoms with van der Waals surface area (Å²) in [4.78, 5) is 60.3. The minimum absolute atomic E-state index is 0. The number of para-hydroxylation sites is 1. The standard InChI is InChI=1S/C27H29N5O3.C19H18N4O3S.5H2/c1-19-25(26(33)29-22-7-9-23(10-8-22)31-11-2-3-12-31)30-24(18-28-19)20-5-4-6-21(17-20)27(34)32-13-15-35-16-14-32;1-13-18(19(24)21-15-8-4-3-5-9-15)22-17(12-20-13)14-7-6-10-16(11-14)23-27(2,25)26;;;;;/h4-10,17-18H,2-3,11-16H2,1H3,(H,29,33);3-12,23H,1-2H3,(H,21,24);5*1H. The quantitative estimate of drug-likeness (QED) is 0.121. The van der Waals surface area contributed by atoms with Gasteiger partial charge >= 0.3 is 0 Å². The first-order chi connectivity index (χ1) is 29.9. The van der Waals surface area contributed by atoms with E-state index in [1.54, 1.807) is 79.7 Å². The maximum Gasteiger partial charge on any atom is 0.276 e. The Morgan fingerprint density at radius 2 is 1.18 bits per heavy atom. The molecule has 3 N–H and O–H groups in total. The molecular weight excluding hydrogens is 807 g/mol. The number of sulfonamides is 1. The topological polar surface area (TPSA) is 189 Å². The Balaban J connectivity index is 0.000000441. The zero-order valence-corrected chi connectivity index (χ0v) is 35.5. The second kappa shape index (κ2) is 19.6. The molecule has 0 radical (unpaired) electrons. The van der Waals surface area contributed by atoms with Crippen molar-refractivity contribution >= 4 is 50.5 Å². The Morgan fingerprint density at radius 3 is 1.76 bits per heavy atom. The number of carbonyl (C=O) groups excluding carboxylic acids is 3. The van der Waals surface area contributed by atoms with E-state index in [1.165, 1.54) is 18.5 Å². The molecule has 16 heteroatoms. The first-order valence-corrected chi connectivity index (χ1v) is 22.0. The van der Waals surface area contributed by atoms with E-state index in [9.17, 15) is 22.8 Å². The van der Waals surface area contributed by atoms with Crippen molar-refractivity contribution in [2.45, 2.75) is 26.7 Å². The molecule has 0 unspecified atom stereocenters. The van der Waals surface area contributed by atoms with Crippen LogP contribution in [0.4, 0.5) is 22.7 Å². The van der Waals surface area contributed by atoms with E-state index in [1.807, 2.05) is 54.6 Å². The van der Waals surface area contributed by atoms with Gasteiger partial charge in [-0.2, -0.15) is 0 Å². The van der Waals surface area contributed by atoms with Crippen LogP contribution in [0.1, 0.15) is 62.7 Å². The number of hydrogen-bond acceptors (Lipinski definition) is 11. The number of benzene rings is 4.